The first-order chi connectivity index (χ1) is 8.67. The number of hydrogen-bond acceptors (Lipinski definition) is 2. The van der Waals surface area contributed by atoms with Gasteiger partial charge >= 0.3 is 0 Å². The minimum absolute atomic E-state index is 0.0770. The lowest BCUT2D eigenvalue weighted by molar-refractivity contribution is -0.121. The van der Waals surface area contributed by atoms with Gasteiger partial charge in [-0.15, -0.1) is 0 Å². The minimum Gasteiger partial charge on any atom is -0.355 e. The zero-order valence-corrected chi connectivity index (χ0v) is 11.7. The monoisotopic (exact) mass is 251 g/mol. The zero-order valence-electron chi connectivity index (χ0n) is 11.7. The summed E-state index contributed by atoms with van der Waals surface area (Å²) in [5.74, 6) is 0.0770. The molecule has 1 rings (SSSR count). The second-order valence-corrected chi connectivity index (χ2v) is 4.64. The van der Waals surface area contributed by atoms with Crippen LogP contribution in [-0.4, -0.2) is 23.6 Å². The Morgan fingerprint density at radius 2 is 2.06 bits per heavy atom. The summed E-state index contributed by atoms with van der Waals surface area (Å²) in [7, 11) is 0. The average Bonchev–Trinajstić information content (AvgIpc) is 2.82. The number of aromatic nitrogens is 1. The summed E-state index contributed by atoms with van der Waals surface area (Å²) < 4.78 is 1.93. The van der Waals surface area contributed by atoms with Crippen LogP contribution < -0.4 is 10.6 Å². The van der Waals surface area contributed by atoms with Gasteiger partial charge in [0.2, 0.25) is 5.91 Å². The fraction of sp³-hybridized carbons (Fsp3) is 0.643. The summed E-state index contributed by atoms with van der Waals surface area (Å²) in [4.78, 5) is 11.6. The molecular formula is C14H25N3O. The van der Waals surface area contributed by atoms with Gasteiger partial charge in [0, 0.05) is 25.0 Å². The zero-order chi connectivity index (χ0) is 13.4. The van der Waals surface area contributed by atoms with Crippen molar-refractivity contribution in [1.29, 1.82) is 0 Å². The Balaban J connectivity index is 2.44. The van der Waals surface area contributed by atoms with Crippen molar-refractivity contribution >= 4 is 5.91 Å². The maximum atomic E-state index is 11.6. The van der Waals surface area contributed by atoms with E-state index in [9.17, 15) is 4.79 Å². The second kappa shape index (κ2) is 7.93. The van der Waals surface area contributed by atoms with E-state index >= 15 is 0 Å². The molecule has 102 valence electrons. The molecule has 0 saturated carbocycles. The van der Waals surface area contributed by atoms with Crippen molar-refractivity contribution < 1.29 is 4.79 Å². The van der Waals surface area contributed by atoms with Gasteiger partial charge in [0.05, 0.1) is 0 Å². The van der Waals surface area contributed by atoms with Gasteiger partial charge in [-0.25, -0.2) is 0 Å². The van der Waals surface area contributed by atoms with Gasteiger partial charge in [0.15, 0.2) is 0 Å². The highest BCUT2D eigenvalue weighted by molar-refractivity contribution is 5.75. The minimum atomic E-state index is 0.0770. The van der Waals surface area contributed by atoms with Gasteiger partial charge in [0.25, 0.3) is 0 Å². The summed E-state index contributed by atoms with van der Waals surface area (Å²) in [5, 5.41) is 6.31. The van der Waals surface area contributed by atoms with Crippen molar-refractivity contribution in [2.75, 3.05) is 13.1 Å². The van der Waals surface area contributed by atoms with Gasteiger partial charge in [-0.3, -0.25) is 4.79 Å². The third kappa shape index (κ3) is 4.92. The first kappa shape index (κ1) is 14.8. The Morgan fingerprint density at radius 3 is 2.72 bits per heavy atom. The highest BCUT2D eigenvalue weighted by Gasteiger charge is 2.07. The highest BCUT2D eigenvalue weighted by Crippen LogP contribution is 2.12. The van der Waals surface area contributed by atoms with Crippen molar-refractivity contribution in [3.63, 3.8) is 0 Å². The van der Waals surface area contributed by atoms with Crippen LogP contribution in [0.25, 0.3) is 0 Å². The molecule has 0 radical (unpaired) electrons. The molecule has 1 atom stereocenters. The van der Waals surface area contributed by atoms with E-state index in [-0.39, 0.29) is 5.91 Å². The predicted octanol–water partition coefficient (Wildman–Crippen LogP) is 2.07. The number of hydrogen-bond donors (Lipinski definition) is 2. The molecule has 18 heavy (non-hydrogen) atoms. The number of rotatable bonds is 8. The quantitative estimate of drug-likeness (QED) is 0.743. The summed E-state index contributed by atoms with van der Waals surface area (Å²) in [6, 6.07) is 2.41. The fourth-order valence-electron chi connectivity index (χ4n) is 1.78. The van der Waals surface area contributed by atoms with Gasteiger partial charge < -0.3 is 15.2 Å². The van der Waals surface area contributed by atoms with Gasteiger partial charge in [-0.2, -0.15) is 0 Å². The number of carbonyl (C=O) groups excluding carboxylic acids is 1. The number of carbonyl (C=O) groups is 1. The van der Waals surface area contributed by atoms with E-state index in [0.717, 1.165) is 25.9 Å². The lowest BCUT2D eigenvalue weighted by Gasteiger charge is -2.11. The van der Waals surface area contributed by atoms with E-state index in [4.69, 9.17) is 0 Å². The largest absolute Gasteiger partial charge is 0.355 e. The third-order valence-electron chi connectivity index (χ3n) is 2.87. The molecule has 2 N–H and O–H groups in total. The van der Waals surface area contributed by atoms with Crippen molar-refractivity contribution in [2.45, 2.75) is 46.2 Å². The predicted molar refractivity (Wildman–Crippen MR) is 74.4 cm³/mol. The number of amides is 1. The first-order valence-corrected chi connectivity index (χ1v) is 6.83. The van der Waals surface area contributed by atoms with Crippen LogP contribution in [0.2, 0.25) is 0 Å². The molecular weight excluding hydrogens is 226 g/mol. The summed E-state index contributed by atoms with van der Waals surface area (Å²) in [6.45, 7) is 8.52. The summed E-state index contributed by atoms with van der Waals surface area (Å²) in [5.41, 5.74) is 1.23. The third-order valence-corrected chi connectivity index (χ3v) is 2.87. The maximum Gasteiger partial charge on any atom is 0.239 e. The van der Waals surface area contributed by atoms with Crippen LogP contribution in [0.5, 0.6) is 0 Å². The Morgan fingerprint density at radius 1 is 1.33 bits per heavy atom. The van der Waals surface area contributed by atoms with E-state index in [1.807, 2.05) is 17.0 Å². The second-order valence-electron chi connectivity index (χ2n) is 4.64. The normalized spacial score (nSPS) is 12.4. The average molecular weight is 251 g/mol. The Labute approximate surface area is 110 Å². The molecule has 0 saturated heterocycles. The molecule has 1 heterocycles. The van der Waals surface area contributed by atoms with E-state index < -0.39 is 0 Å². The molecule has 4 heteroatoms. The van der Waals surface area contributed by atoms with Crippen molar-refractivity contribution in [3.8, 4) is 0 Å². The maximum absolute atomic E-state index is 11.6. The lowest BCUT2D eigenvalue weighted by atomic mass is 10.2. The van der Waals surface area contributed by atoms with E-state index in [0.29, 0.717) is 12.6 Å². The molecule has 1 amide bonds. The Hall–Kier alpha value is -1.29. The van der Waals surface area contributed by atoms with E-state index in [1.165, 1.54) is 5.56 Å². The van der Waals surface area contributed by atoms with Crippen LogP contribution >= 0.6 is 0 Å². The molecule has 4 nitrogen and oxygen atoms in total. The molecule has 0 aliphatic carbocycles. The highest BCUT2D eigenvalue weighted by atomic mass is 16.1. The molecule has 0 fully saturated rings. The molecule has 1 aromatic rings. The molecule has 0 aliphatic heterocycles. The smallest absolute Gasteiger partial charge is 0.239 e. The molecule has 0 aliphatic rings. The SMILES string of the molecule is CCCNC(=O)Cn1ccc(C(C)NCCC)c1. The van der Waals surface area contributed by atoms with Gasteiger partial charge in [-0.1, -0.05) is 13.8 Å². The standard InChI is InChI=1S/C14H25N3O/c1-4-7-15-12(3)13-6-9-17(10-13)11-14(18)16-8-5-2/h6,9-10,12,15H,4-5,7-8,11H2,1-3H3,(H,16,18). The van der Waals surface area contributed by atoms with E-state index in [1.54, 1.807) is 0 Å². The van der Waals surface area contributed by atoms with Crippen LogP contribution in [0.15, 0.2) is 18.5 Å². The van der Waals surface area contributed by atoms with E-state index in [2.05, 4.69) is 37.5 Å². The molecule has 1 unspecified atom stereocenters. The fourth-order valence-corrected chi connectivity index (χ4v) is 1.78. The van der Waals surface area contributed by atoms with Gasteiger partial charge in [-0.05, 0) is 37.9 Å². The molecule has 1 aromatic heterocycles. The van der Waals surface area contributed by atoms with Gasteiger partial charge in [0.1, 0.15) is 6.54 Å². The van der Waals surface area contributed by atoms with Crippen molar-refractivity contribution in [2.24, 2.45) is 0 Å². The molecule has 0 spiro atoms. The van der Waals surface area contributed by atoms with Crippen LogP contribution in [0.1, 0.15) is 45.2 Å². The first-order valence-electron chi connectivity index (χ1n) is 6.83. The number of nitrogens with zero attached hydrogens (tertiary/aromatic N) is 1. The number of nitrogens with one attached hydrogen (secondary N) is 2. The summed E-state index contributed by atoms with van der Waals surface area (Å²) >= 11 is 0. The molecule has 0 aromatic carbocycles. The van der Waals surface area contributed by atoms with Crippen LogP contribution in [0, 0.1) is 0 Å². The lowest BCUT2D eigenvalue weighted by Crippen LogP contribution is -2.27. The molecule has 0 bridgehead atoms. The van der Waals surface area contributed by atoms with Crippen LogP contribution in [-0.2, 0) is 11.3 Å². The Kier molecular flexibility index (Phi) is 6.50. The summed E-state index contributed by atoms with van der Waals surface area (Å²) in [6.07, 6.45) is 6.11. The van der Waals surface area contributed by atoms with Crippen molar-refractivity contribution in [3.05, 3.63) is 24.0 Å². The van der Waals surface area contributed by atoms with Crippen molar-refractivity contribution in [1.82, 2.24) is 15.2 Å². The Bertz CT molecular complexity index is 360. The topological polar surface area (TPSA) is 46.1 Å². The van der Waals surface area contributed by atoms with Crippen LogP contribution in [0.4, 0.5) is 0 Å². The van der Waals surface area contributed by atoms with Crippen LogP contribution in [0.3, 0.4) is 0 Å².